The van der Waals surface area contributed by atoms with E-state index < -0.39 is 106 Å². The Morgan fingerprint density at radius 3 is 0.206 bits per heavy atom. The summed E-state index contributed by atoms with van der Waals surface area (Å²) in [6.45, 7) is 80.1. The van der Waals surface area contributed by atoms with Gasteiger partial charge in [-0.05, 0) is 0 Å². The first-order chi connectivity index (χ1) is 27.7. The van der Waals surface area contributed by atoms with Crippen molar-refractivity contribution in [2.75, 3.05) is 0 Å². The standard InChI is InChI=1S/C49H126Si14/c1-50(2)36-29-38-52(5,6)54(9,10)40-31-42-56(13,14)58(17,18)44-33-46-60(21,22)62(25,26)48-35-49-63(27,28)61(23,24)47-34-45-59(19,20)57(15,16)43-32-41-55(11,12)53(7,8)39-30-37-51(50,3)4/h29-49H2,1-28H3. The van der Waals surface area contributed by atoms with Gasteiger partial charge in [-0.25, -0.2) is 0 Å². The van der Waals surface area contributed by atoms with Crippen LogP contribution in [0.3, 0.4) is 0 Å². The fourth-order valence-electron chi connectivity index (χ4n) is 11.5. The lowest BCUT2D eigenvalue weighted by Gasteiger charge is -2.44. The van der Waals surface area contributed by atoms with Gasteiger partial charge in [-0.2, -0.15) is 0 Å². The average molecular weight is 1110 g/mol. The van der Waals surface area contributed by atoms with E-state index in [1.54, 1.807) is 130 Å². The monoisotopic (exact) mass is 1110 g/mol. The van der Waals surface area contributed by atoms with E-state index in [2.05, 4.69) is 183 Å². The molecule has 0 aromatic carbocycles. The summed E-state index contributed by atoms with van der Waals surface area (Å²) in [6.07, 6.45) is 11.0. The van der Waals surface area contributed by atoms with E-state index in [-0.39, 0.29) is 0 Å². The molecule has 1 aliphatic heterocycles. The summed E-state index contributed by atoms with van der Waals surface area (Å²) in [5.74, 6) is 0. The molecule has 1 aliphatic rings. The van der Waals surface area contributed by atoms with Crippen molar-refractivity contribution in [2.45, 2.75) is 313 Å². The highest BCUT2D eigenvalue weighted by molar-refractivity contribution is 7.44. The zero-order valence-corrected chi connectivity index (χ0v) is 63.8. The van der Waals surface area contributed by atoms with Gasteiger partial charge in [0, 0.05) is 106 Å². The molecule has 0 bridgehead atoms. The maximum absolute atomic E-state index is 2.86. The van der Waals surface area contributed by atoms with Gasteiger partial charge in [0.15, 0.2) is 0 Å². The predicted octanol–water partition coefficient (Wildman–Crippen LogP) is 20.2. The highest BCUT2D eigenvalue weighted by atomic mass is 29.3. The van der Waals surface area contributed by atoms with Gasteiger partial charge in [0.2, 0.25) is 0 Å². The molecular weight excluding hydrogens is 982 g/mol. The lowest BCUT2D eigenvalue weighted by Crippen LogP contribution is -2.58. The molecule has 0 unspecified atom stereocenters. The van der Waals surface area contributed by atoms with Crippen molar-refractivity contribution in [3.05, 3.63) is 0 Å². The first-order valence-electron chi connectivity index (χ1n) is 27.7. The lowest BCUT2D eigenvalue weighted by atomic mass is 10.6. The second-order valence-corrected chi connectivity index (χ2v) is 149. The summed E-state index contributed by atoms with van der Waals surface area (Å²) in [7, 11) is -16.7. The Morgan fingerprint density at radius 1 is 0.111 bits per heavy atom. The molecule has 0 amide bonds. The molecule has 0 aromatic rings. The molecule has 0 atom stereocenters. The van der Waals surface area contributed by atoms with Crippen LogP contribution in [-0.4, -0.2) is 106 Å². The van der Waals surface area contributed by atoms with Crippen LogP contribution in [0.25, 0.3) is 0 Å². The van der Waals surface area contributed by atoms with E-state index in [4.69, 9.17) is 0 Å². The summed E-state index contributed by atoms with van der Waals surface area (Å²) >= 11 is 0. The fourth-order valence-corrected chi connectivity index (χ4v) is 74.2. The van der Waals surface area contributed by atoms with Crippen molar-refractivity contribution in [3.8, 4) is 0 Å². The number of rotatable bonds is 0. The van der Waals surface area contributed by atoms with Crippen LogP contribution >= 0.6 is 0 Å². The Balaban J connectivity index is 3.36. The Bertz CT molecular complexity index is 1010. The van der Waals surface area contributed by atoms with Gasteiger partial charge in [0.25, 0.3) is 0 Å². The minimum absolute atomic E-state index is 1.20. The van der Waals surface area contributed by atoms with Gasteiger partial charge in [-0.15, -0.1) is 0 Å². The molecule has 0 spiro atoms. The maximum atomic E-state index is 2.86. The highest BCUT2D eigenvalue weighted by Crippen LogP contribution is 2.41. The fraction of sp³-hybridized carbons (Fsp3) is 1.00. The highest BCUT2D eigenvalue weighted by Gasteiger charge is 2.48. The molecule has 63 heavy (non-hydrogen) atoms. The van der Waals surface area contributed by atoms with E-state index in [9.17, 15) is 0 Å². The molecule has 0 saturated carbocycles. The van der Waals surface area contributed by atoms with Crippen molar-refractivity contribution in [2.24, 2.45) is 0 Å². The maximum Gasteiger partial charge on any atom is 0.0412 e. The van der Waals surface area contributed by atoms with Crippen LogP contribution in [0.15, 0.2) is 0 Å². The topological polar surface area (TPSA) is 0 Å². The van der Waals surface area contributed by atoms with E-state index in [0.29, 0.717) is 0 Å². The van der Waals surface area contributed by atoms with Crippen molar-refractivity contribution in [1.29, 1.82) is 0 Å². The van der Waals surface area contributed by atoms with Gasteiger partial charge in [-0.3, -0.25) is 0 Å². The van der Waals surface area contributed by atoms with Crippen LogP contribution in [0.2, 0.25) is 268 Å². The van der Waals surface area contributed by atoms with E-state index in [1.807, 2.05) is 0 Å². The number of hydrogen-bond donors (Lipinski definition) is 0. The van der Waals surface area contributed by atoms with Crippen LogP contribution in [0.1, 0.15) is 44.9 Å². The third kappa shape index (κ3) is 17.4. The molecule has 1 saturated heterocycles. The Kier molecular flexibility index (Phi) is 23.2. The Labute approximate surface area is 415 Å². The van der Waals surface area contributed by atoms with Crippen molar-refractivity contribution >= 4 is 106 Å². The van der Waals surface area contributed by atoms with E-state index >= 15 is 0 Å². The van der Waals surface area contributed by atoms with E-state index in [0.717, 1.165) is 0 Å². The molecule has 1 heterocycles. The quantitative estimate of drug-likeness (QED) is 0.212. The Morgan fingerprint density at radius 2 is 0.159 bits per heavy atom. The van der Waals surface area contributed by atoms with Crippen LogP contribution in [0.4, 0.5) is 0 Å². The molecule has 14 heteroatoms. The van der Waals surface area contributed by atoms with Crippen molar-refractivity contribution in [3.63, 3.8) is 0 Å². The molecule has 1 fully saturated rings. The smallest absolute Gasteiger partial charge is 0.0412 e. The zero-order chi connectivity index (χ0) is 49.8. The predicted molar refractivity (Wildman–Crippen MR) is 344 cm³/mol. The largest absolute Gasteiger partial charge is 0.0713 e. The molecule has 0 nitrogen and oxygen atoms in total. The van der Waals surface area contributed by atoms with Crippen LogP contribution < -0.4 is 0 Å². The summed E-state index contributed by atoms with van der Waals surface area (Å²) in [5, 5.41) is 0. The summed E-state index contributed by atoms with van der Waals surface area (Å²) in [6, 6.07) is 22.8. The second-order valence-electron chi connectivity index (χ2n) is 32.3. The zero-order valence-electron chi connectivity index (χ0n) is 49.8. The van der Waals surface area contributed by atoms with Gasteiger partial charge >= 0.3 is 0 Å². The van der Waals surface area contributed by atoms with Gasteiger partial charge < -0.3 is 0 Å². The van der Waals surface area contributed by atoms with Gasteiger partial charge in [-0.1, -0.05) is 313 Å². The third-order valence-electron chi connectivity index (χ3n) is 24.0. The molecule has 1 rings (SSSR count). The normalized spacial score (nSPS) is 30.7. The SMILES string of the molecule is C[Si]1(C)CCC[Si](C)(C)[Si](C)(C)CCC[Si](C)(C)[Si](C)(C)CCC[Si](C)(C)[Si](C)(C)CCC[Si](C)(C)[Si](C)(C)CCC[Si](C)(C)[Si](C)(C)CCC[Si](C)(C)[Si](C)(C)CCC[Si]1(C)C. The van der Waals surface area contributed by atoms with E-state index in [1.165, 1.54) is 0 Å². The molecule has 0 aliphatic carbocycles. The van der Waals surface area contributed by atoms with Crippen molar-refractivity contribution in [1.82, 2.24) is 0 Å². The van der Waals surface area contributed by atoms with Crippen LogP contribution in [0, 0.1) is 0 Å². The molecular formula is C49H126Si14. The molecule has 0 N–H and O–H groups in total. The third-order valence-corrected chi connectivity index (χ3v) is 160. The van der Waals surface area contributed by atoms with Gasteiger partial charge in [0.1, 0.15) is 0 Å². The Hall–Kier alpha value is 3.04. The number of hydrogen-bond acceptors (Lipinski definition) is 0. The minimum atomic E-state index is -1.20. The lowest BCUT2D eigenvalue weighted by molar-refractivity contribution is 0.992. The molecule has 378 valence electrons. The van der Waals surface area contributed by atoms with Crippen LogP contribution in [0.5, 0.6) is 0 Å². The summed E-state index contributed by atoms with van der Waals surface area (Å²) < 4.78 is 0. The van der Waals surface area contributed by atoms with Gasteiger partial charge in [0.05, 0.1) is 0 Å². The average Bonchev–Trinajstić information content (AvgIpc) is 3.06. The van der Waals surface area contributed by atoms with Crippen LogP contribution in [-0.2, 0) is 0 Å². The van der Waals surface area contributed by atoms with Crippen molar-refractivity contribution < 1.29 is 0 Å². The minimum Gasteiger partial charge on any atom is -0.0713 e. The summed E-state index contributed by atoms with van der Waals surface area (Å²) in [4.78, 5) is 0. The summed E-state index contributed by atoms with van der Waals surface area (Å²) in [5.41, 5.74) is 0. The first kappa shape index (κ1) is 64.1. The molecule has 0 radical (unpaired) electrons. The molecule has 0 aromatic heterocycles. The second kappa shape index (κ2) is 22.8. The first-order valence-corrected chi connectivity index (χ1v) is 79.6.